The molecule has 1 aromatic heterocycles. The van der Waals surface area contributed by atoms with E-state index in [0.29, 0.717) is 12.8 Å². The van der Waals surface area contributed by atoms with Gasteiger partial charge in [0.1, 0.15) is 0 Å². The van der Waals surface area contributed by atoms with Crippen LogP contribution in [0.4, 0.5) is 5.69 Å². The van der Waals surface area contributed by atoms with Crippen molar-refractivity contribution in [1.82, 2.24) is 0 Å². The van der Waals surface area contributed by atoms with Gasteiger partial charge < -0.3 is 14.8 Å². The number of hydrogen-bond acceptors (Lipinski definition) is 4. The van der Waals surface area contributed by atoms with Gasteiger partial charge in [-0.3, -0.25) is 0 Å². The summed E-state index contributed by atoms with van der Waals surface area (Å²) in [5.41, 5.74) is 2.53. The van der Waals surface area contributed by atoms with E-state index in [-0.39, 0.29) is 0 Å². The Labute approximate surface area is 130 Å². The Kier molecular flexibility index (Phi) is 3.11. The number of ether oxygens (including phenoxy) is 2. The van der Waals surface area contributed by atoms with E-state index in [1.807, 2.05) is 23.5 Å². The Balaban J connectivity index is 1.60. The summed E-state index contributed by atoms with van der Waals surface area (Å²) in [6.07, 6.45) is 3.61. The average Bonchev–Trinajstić information content (AvgIpc) is 3.04. The van der Waals surface area contributed by atoms with Crippen LogP contribution in [-0.4, -0.2) is 6.79 Å². The third-order valence-electron chi connectivity index (χ3n) is 3.80. The Morgan fingerprint density at radius 2 is 2.10 bits per heavy atom. The monoisotopic (exact) mass is 351 g/mol. The minimum absolute atomic E-state index is 0.323. The lowest BCUT2D eigenvalue weighted by Crippen LogP contribution is -2.15. The van der Waals surface area contributed by atoms with Crippen molar-refractivity contribution in [3.8, 4) is 11.5 Å². The molecule has 0 saturated heterocycles. The molecule has 1 atom stereocenters. The molecule has 1 N–H and O–H groups in total. The van der Waals surface area contributed by atoms with Crippen molar-refractivity contribution in [1.29, 1.82) is 0 Å². The van der Waals surface area contributed by atoms with Gasteiger partial charge >= 0.3 is 0 Å². The molecule has 0 spiro atoms. The number of hydrogen-bond donors (Lipinski definition) is 1. The highest BCUT2D eigenvalue weighted by Gasteiger charge is 2.23. The van der Waals surface area contributed by atoms with E-state index in [1.54, 1.807) is 0 Å². The van der Waals surface area contributed by atoms with E-state index >= 15 is 0 Å². The minimum atomic E-state index is 0.323. The maximum atomic E-state index is 5.43. The van der Waals surface area contributed by atoms with Crippen molar-refractivity contribution in [2.45, 2.75) is 25.3 Å². The fourth-order valence-electron chi connectivity index (χ4n) is 2.86. The zero-order chi connectivity index (χ0) is 13.5. The maximum Gasteiger partial charge on any atom is 0.231 e. The molecule has 5 heteroatoms. The molecule has 0 bridgehead atoms. The second-order valence-corrected chi connectivity index (χ2v) is 7.60. The third kappa shape index (κ3) is 2.19. The highest BCUT2D eigenvalue weighted by Crippen LogP contribution is 2.41. The van der Waals surface area contributed by atoms with Crippen molar-refractivity contribution in [2.75, 3.05) is 12.1 Å². The van der Waals surface area contributed by atoms with Crippen LogP contribution in [0.2, 0.25) is 0 Å². The molecular weight excluding hydrogens is 338 g/mol. The molecule has 2 aliphatic rings. The van der Waals surface area contributed by atoms with Crippen molar-refractivity contribution >= 4 is 33.0 Å². The largest absolute Gasteiger partial charge is 0.454 e. The van der Waals surface area contributed by atoms with Crippen molar-refractivity contribution in [2.24, 2.45) is 0 Å². The summed E-state index contributed by atoms with van der Waals surface area (Å²) in [7, 11) is 0. The lowest BCUT2D eigenvalue weighted by atomic mass is 9.94. The summed E-state index contributed by atoms with van der Waals surface area (Å²) in [6.45, 7) is 0.323. The Morgan fingerprint density at radius 1 is 1.20 bits per heavy atom. The SMILES string of the molecule is Brc1cc2c(s1)CCCC2Nc1ccc2c(c1)OCO2. The van der Waals surface area contributed by atoms with Crippen LogP contribution in [0, 0.1) is 0 Å². The second kappa shape index (κ2) is 4.97. The average molecular weight is 352 g/mol. The highest BCUT2D eigenvalue weighted by atomic mass is 79.9. The topological polar surface area (TPSA) is 30.5 Å². The van der Waals surface area contributed by atoms with E-state index in [4.69, 9.17) is 9.47 Å². The van der Waals surface area contributed by atoms with E-state index in [2.05, 4.69) is 33.4 Å². The highest BCUT2D eigenvalue weighted by molar-refractivity contribution is 9.11. The first-order valence-corrected chi connectivity index (χ1v) is 8.35. The first-order valence-electron chi connectivity index (χ1n) is 6.74. The summed E-state index contributed by atoms with van der Waals surface area (Å²) in [4.78, 5) is 1.50. The standard InChI is InChI=1S/C15H14BrNO2S/c16-15-7-10-11(2-1-3-14(10)20-15)17-9-4-5-12-13(6-9)19-8-18-12/h4-7,11,17H,1-3,8H2. The van der Waals surface area contributed by atoms with Gasteiger partial charge in [-0.25, -0.2) is 0 Å². The van der Waals surface area contributed by atoms with E-state index in [1.165, 1.54) is 33.5 Å². The molecule has 0 amide bonds. The van der Waals surface area contributed by atoms with Gasteiger partial charge in [0.15, 0.2) is 11.5 Å². The number of anilines is 1. The van der Waals surface area contributed by atoms with Gasteiger partial charge in [-0.1, -0.05) is 0 Å². The zero-order valence-electron chi connectivity index (χ0n) is 10.8. The van der Waals surface area contributed by atoms with Crippen LogP contribution in [0.15, 0.2) is 28.1 Å². The van der Waals surface area contributed by atoms with Crippen molar-refractivity contribution in [3.05, 3.63) is 38.5 Å². The molecule has 0 radical (unpaired) electrons. The Hall–Kier alpha value is -1.20. The van der Waals surface area contributed by atoms with Gasteiger partial charge in [0.2, 0.25) is 6.79 Å². The lowest BCUT2D eigenvalue weighted by molar-refractivity contribution is 0.174. The minimum Gasteiger partial charge on any atom is -0.454 e. The molecule has 20 heavy (non-hydrogen) atoms. The zero-order valence-corrected chi connectivity index (χ0v) is 13.2. The smallest absolute Gasteiger partial charge is 0.231 e. The molecule has 4 rings (SSSR count). The van der Waals surface area contributed by atoms with Crippen LogP contribution in [0.1, 0.15) is 29.3 Å². The number of aryl methyl sites for hydroxylation is 1. The van der Waals surface area contributed by atoms with Gasteiger partial charge in [-0.2, -0.15) is 0 Å². The maximum absolute atomic E-state index is 5.43. The third-order valence-corrected chi connectivity index (χ3v) is 5.51. The number of benzene rings is 1. The van der Waals surface area contributed by atoms with Crippen LogP contribution in [0.25, 0.3) is 0 Å². The van der Waals surface area contributed by atoms with Crippen LogP contribution in [0.5, 0.6) is 11.5 Å². The number of thiophene rings is 1. The number of halogens is 1. The number of rotatable bonds is 2. The fraction of sp³-hybridized carbons (Fsp3) is 0.333. The molecule has 2 heterocycles. The van der Waals surface area contributed by atoms with Gasteiger partial charge in [-0.05, 0) is 59.0 Å². The molecule has 104 valence electrons. The number of nitrogens with one attached hydrogen (secondary N) is 1. The van der Waals surface area contributed by atoms with E-state index in [9.17, 15) is 0 Å². The van der Waals surface area contributed by atoms with E-state index < -0.39 is 0 Å². The first-order chi connectivity index (χ1) is 9.79. The summed E-state index contributed by atoms with van der Waals surface area (Å²) < 4.78 is 12.0. The molecule has 1 aromatic carbocycles. The van der Waals surface area contributed by atoms with Crippen molar-refractivity contribution in [3.63, 3.8) is 0 Å². The molecule has 3 nitrogen and oxygen atoms in total. The predicted molar refractivity (Wildman–Crippen MR) is 83.9 cm³/mol. The fourth-order valence-corrected chi connectivity index (χ4v) is 4.68. The van der Waals surface area contributed by atoms with Crippen LogP contribution in [0.3, 0.4) is 0 Å². The van der Waals surface area contributed by atoms with Crippen LogP contribution < -0.4 is 14.8 Å². The molecule has 0 fully saturated rings. The quantitative estimate of drug-likeness (QED) is 0.848. The molecule has 1 unspecified atom stereocenters. The molecule has 2 aromatic rings. The summed E-state index contributed by atoms with van der Waals surface area (Å²) in [5, 5.41) is 3.63. The van der Waals surface area contributed by atoms with Gasteiger partial charge in [-0.15, -0.1) is 11.3 Å². The first kappa shape index (κ1) is 12.5. The molecule has 0 saturated carbocycles. The molecule has 1 aliphatic carbocycles. The van der Waals surface area contributed by atoms with Gasteiger partial charge in [0, 0.05) is 16.6 Å². The van der Waals surface area contributed by atoms with Crippen LogP contribution >= 0.6 is 27.3 Å². The number of fused-ring (bicyclic) bond motifs is 2. The second-order valence-electron chi connectivity index (χ2n) is 5.09. The predicted octanol–water partition coefficient (Wildman–Crippen LogP) is 4.73. The lowest BCUT2D eigenvalue weighted by Gasteiger charge is -2.24. The van der Waals surface area contributed by atoms with Gasteiger partial charge in [0.25, 0.3) is 0 Å². The Morgan fingerprint density at radius 3 is 3.05 bits per heavy atom. The van der Waals surface area contributed by atoms with E-state index in [0.717, 1.165) is 17.2 Å². The van der Waals surface area contributed by atoms with Crippen molar-refractivity contribution < 1.29 is 9.47 Å². The summed E-state index contributed by atoms with van der Waals surface area (Å²) in [5.74, 6) is 1.66. The molecule has 1 aliphatic heterocycles. The normalized spacial score (nSPS) is 19.8. The van der Waals surface area contributed by atoms with Crippen LogP contribution in [-0.2, 0) is 6.42 Å². The summed E-state index contributed by atoms with van der Waals surface area (Å²) >= 11 is 5.46. The molecular formula is C15H14BrNO2S. The van der Waals surface area contributed by atoms with Gasteiger partial charge in [0.05, 0.1) is 9.83 Å². The Bertz CT molecular complexity index is 655. The summed E-state index contributed by atoms with van der Waals surface area (Å²) in [6, 6.07) is 8.70.